The fraction of sp³-hybridized carbons (Fsp3) is 0.0515. The predicted octanol–water partition coefficient (Wildman–Crippen LogP) is 20.3. The molecule has 0 unspecified atom stereocenters. The van der Waals surface area contributed by atoms with E-state index in [0.717, 1.165) is 27.3 Å². The molecule has 0 aliphatic rings. The van der Waals surface area contributed by atoms with Crippen LogP contribution in [0.25, 0.3) is 0 Å². The lowest BCUT2D eigenvalue weighted by atomic mass is 10.2. The van der Waals surface area contributed by atoms with E-state index < -0.39 is 5.82 Å². The van der Waals surface area contributed by atoms with E-state index in [2.05, 4.69) is 171 Å². The smallest absolute Gasteiger partial charge is 0.248 e. The first-order valence-electron chi connectivity index (χ1n) is 40.6. The summed E-state index contributed by atoms with van der Waals surface area (Å²) in [4.78, 5) is 114. The Kier molecular flexibility index (Phi) is 37.4. The van der Waals surface area contributed by atoms with Gasteiger partial charge in [0.25, 0.3) is 0 Å². The van der Waals surface area contributed by atoms with Gasteiger partial charge in [-0.3, -0.25) is 24.0 Å². The van der Waals surface area contributed by atoms with E-state index in [1.165, 1.54) is 80.2 Å². The number of aromatic nitrogens is 13. The Morgan fingerprint density at radius 2 is 0.684 bits per heavy atom. The van der Waals surface area contributed by atoms with Crippen molar-refractivity contribution in [1.29, 1.82) is 0 Å². The maximum atomic E-state index is 13.3. The van der Waals surface area contributed by atoms with E-state index in [9.17, 15) is 28.4 Å². The van der Waals surface area contributed by atoms with Crippen molar-refractivity contribution >= 4 is 167 Å². The minimum absolute atomic E-state index is 0.0414. The van der Waals surface area contributed by atoms with Crippen molar-refractivity contribution in [3.63, 3.8) is 0 Å². The Morgan fingerprint density at radius 1 is 0.331 bits per heavy atom. The van der Waals surface area contributed by atoms with Crippen LogP contribution in [0.15, 0.2) is 354 Å². The molecule has 686 valence electrons. The van der Waals surface area contributed by atoms with Crippen molar-refractivity contribution in [1.82, 2.24) is 69.7 Å². The number of methoxy groups -OCH3 is 2. The standard InChI is InChI=1S/C22H21ClFN5O2.C19H16BrN5O.2C19H17N5O3.C18H16N6O/c1-29(2)10-4-7-21(30)28-16-6-3-5-15(11-16)27-20-13-22(26-14-25-20)31-17-8-9-19(24)18(23)12-17;1-2-19(26)25-15-8-6-14(7-9-15)23-17-11-18(22-12-21-17)24-16-5-3-4-13(20)10-16;1-3-18(25)24-16-9-5-8-15(22-16)23-17-11-19(21-12-20-17)27-14-7-4-6-13(10-14)26-2;1-3-18(25)24-16-6-4-5-15(22-16)23-17-11-19(21-12-20-17)27-14-9-7-13(26-2)8-10-14;1-2-18(25)24-15-10-6-9-14(22-15)23-17-11-16(19-12-20-17)21-13-7-4-3-5-8-13/h3-9,11-14H,10H2,1-2H3,(H,28,30)(H,25,26,27);2-12H,1H2,(H,25,26)(H2,21,22,23,24);2*3-12H,1H2,2H3,(H2,20,21,22,23,24,25);2-12H,1H2,(H3,19,20,21,22,23,24,25)/b7-4+;;;;. The lowest BCUT2D eigenvalue weighted by molar-refractivity contribution is -0.112. The number of carbonyl (C=O) groups excluding carboxylic acids is 5. The molecule has 8 heterocycles. The Labute approximate surface area is 793 Å². The first-order valence-corrected chi connectivity index (χ1v) is 41.8. The molecule has 15 rings (SSSR count). The predicted molar refractivity (Wildman–Crippen MR) is 529 cm³/mol. The molecule has 12 N–H and O–H groups in total. The van der Waals surface area contributed by atoms with Gasteiger partial charge in [-0.1, -0.05) is 115 Å². The summed E-state index contributed by atoms with van der Waals surface area (Å²) in [6.45, 7) is 14.3. The molecule has 0 saturated heterocycles. The van der Waals surface area contributed by atoms with Gasteiger partial charge in [0, 0.05) is 93.7 Å². The third-order valence-corrected chi connectivity index (χ3v) is 17.9. The van der Waals surface area contributed by atoms with Gasteiger partial charge in [-0.2, -0.15) is 0 Å². The first kappa shape index (κ1) is 98.3. The minimum atomic E-state index is -0.528. The Morgan fingerprint density at radius 3 is 1.15 bits per heavy atom. The maximum Gasteiger partial charge on any atom is 0.248 e. The Bertz CT molecular complexity index is 6640. The normalized spacial score (nSPS) is 10.2. The van der Waals surface area contributed by atoms with Crippen LogP contribution in [0.4, 0.5) is 114 Å². The van der Waals surface area contributed by atoms with Crippen molar-refractivity contribution in [2.24, 2.45) is 0 Å². The van der Waals surface area contributed by atoms with E-state index in [1.807, 2.05) is 110 Å². The number of hydrogen-bond donors (Lipinski definition) is 12. The highest BCUT2D eigenvalue weighted by atomic mass is 79.9. The first-order chi connectivity index (χ1) is 66.0. The number of ether oxygens (including phenoxy) is 5. The molecule has 0 aliphatic heterocycles. The van der Waals surface area contributed by atoms with Gasteiger partial charge >= 0.3 is 0 Å². The second kappa shape index (κ2) is 51.8. The molecule has 7 aromatic carbocycles. The third-order valence-electron chi connectivity index (χ3n) is 17.1. The summed E-state index contributed by atoms with van der Waals surface area (Å²) < 4.78 is 41.6. The van der Waals surface area contributed by atoms with Gasteiger partial charge in [-0.25, -0.2) is 69.2 Å². The molecule has 0 atom stereocenters. The summed E-state index contributed by atoms with van der Waals surface area (Å²) in [7, 11) is 7.04. The zero-order valence-electron chi connectivity index (χ0n) is 73.1. The van der Waals surface area contributed by atoms with E-state index in [-0.39, 0.29) is 40.4 Å². The fourth-order valence-electron chi connectivity index (χ4n) is 11.0. The van der Waals surface area contributed by atoms with Gasteiger partial charge in [0.05, 0.1) is 19.2 Å². The van der Waals surface area contributed by atoms with Crippen molar-refractivity contribution < 1.29 is 52.0 Å². The van der Waals surface area contributed by atoms with Crippen LogP contribution in [0, 0.1) is 5.82 Å². The number of likely N-dealkylation sites (N-methyl/N-ethyl adjacent to an activating group) is 1. The highest BCUT2D eigenvalue weighted by Crippen LogP contribution is 2.32. The van der Waals surface area contributed by atoms with Crippen molar-refractivity contribution in [2.75, 3.05) is 98.7 Å². The molecule has 0 spiro atoms. The van der Waals surface area contributed by atoms with Crippen molar-refractivity contribution in [3.8, 4) is 46.4 Å². The van der Waals surface area contributed by atoms with Crippen molar-refractivity contribution in [3.05, 3.63) is 365 Å². The summed E-state index contributed by atoms with van der Waals surface area (Å²) in [5.41, 5.74) is 4.74. The van der Waals surface area contributed by atoms with Crippen LogP contribution >= 0.6 is 27.5 Å². The molecule has 0 aliphatic carbocycles. The monoisotopic (exact) mass is 1910 g/mol. The zero-order valence-corrected chi connectivity index (χ0v) is 75.5. The molecule has 0 radical (unpaired) electrons. The number of benzene rings is 7. The van der Waals surface area contributed by atoms with Crippen LogP contribution in [-0.4, -0.2) is 134 Å². The molecule has 36 nitrogen and oxygen atoms in total. The van der Waals surface area contributed by atoms with E-state index in [0.29, 0.717) is 134 Å². The van der Waals surface area contributed by atoms with E-state index in [1.54, 1.807) is 166 Å². The molecule has 136 heavy (non-hydrogen) atoms. The average Bonchev–Trinajstić information content (AvgIpc) is 0.854. The number of rotatable bonds is 34. The van der Waals surface area contributed by atoms with Crippen LogP contribution in [-0.2, 0) is 24.0 Å². The number of halogens is 3. The molecule has 0 bridgehead atoms. The molecule has 8 aromatic heterocycles. The van der Waals surface area contributed by atoms with Crippen LogP contribution in [0.3, 0.4) is 0 Å². The summed E-state index contributed by atoms with van der Waals surface area (Å²) >= 11 is 9.22. The third kappa shape index (κ3) is 34.3. The molecule has 0 saturated carbocycles. The van der Waals surface area contributed by atoms with Gasteiger partial charge in [-0.05, 0) is 196 Å². The maximum absolute atomic E-state index is 13.3. The number of pyridine rings is 3. The van der Waals surface area contributed by atoms with Gasteiger partial charge in [0.2, 0.25) is 47.2 Å². The lowest BCUT2D eigenvalue weighted by Gasteiger charge is -2.10. The molecule has 5 amide bonds. The number of nitrogens with one attached hydrogen (secondary N) is 12. The second-order valence-electron chi connectivity index (χ2n) is 27.6. The summed E-state index contributed by atoms with van der Waals surface area (Å²) in [6.07, 6.45) is 15.1. The SMILES string of the molecule is C=CC(=O)Nc1ccc(Nc2cc(Nc3cccc(Br)c3)ncn2)cc1.C=CC(=O)Nc1cccc(Nc2cc(Nc3ccccc3)ncn2)n1.C=CC(=O)Nc1cccc(Nc2cc(Oc3ccc(OC)cc3)ncn2)n1.C=CC(=O)Nc1cccc(Nc2cc(Oc3cccc(OC)c3)ncn2)n1.CN(C)C/C=C/C(=O)Nc1cccc(Nc2cc(Oc3ccc(F)c(Cl)c3)ncn2)c1. The number of para-hydroxylation sites is 1. The Balaban J connectivity index is 0.000000164. The summed E-state index contributed by atoms with van der Waals surface area (Å²) in [6, 6.07) is 74.4. The van der Waals surface area contributed by atoms with Crippen LogP contribution in [0.2, 0.25) is 5.02 Å². The average molecular weight is 1910 g/mol. The number of amides is 5. The molecule has 0 fully saturated rings. The highest BCUT2D eigenvalue weighted by molar-refractivity contribution is 9.10. The number of anilines is 19. The van der Waals surface area contributed by atoms with E-state index in [4.69, 9.17) is 35.3 Å². The molecule has 15 aromatic rings. The van der Waals surface area contributed by atoms with Gasteiger partial charge in [-0.15, -0.1) is 0 Å². The molecular formula is C97H87BrClFN26O10. The van der Waals surface area contributed by atoms with Gasteiger partial charge in [0.15, 0.2) is 0 Å². The zero-order chi connectivity index (χ0) is 96.2. The fourth-order valence-corrected chi connectivity index (χ4v) is 11.5. The molecular weight excluding hydrogens is 1820 g/mol. The minimum Gasteiger partial charge on any atom is -0.497 e. The lowest BCUT2D eigenvalue weighted by Crippen LogP contribution is -2.12. The van der Waals surface area contributed by atoms with Crippen LogP contribution < -0.4 is 87.5 Å². The number of carbonyl (C=O) groups is 5. The summed E-state index contributed by atoms with van der Waals surface area (Å²) in [5, 5.41) is 35.2. The number of nitrogens with zero attached hydrogens (tertiary/aromatic N) is 14. The van der Waals surface area contributed by atoms with Crippen LogP contribution in [0.1, 0.15) is 0 Å². The topological polar surface area (TPSA) is 447 Å². The largest absolute Gasteiger partial charge is 0.497 e. The van der Waals surface area contributed by atoms with E-state index >= 15 is 0 Å². The van der Waals surface area contributed by atoms with Gasteiger partial charge in [0.1, 0.15) is 142 Å². The quantitative estimate of drug-likeness (QED) is 0.0167. The summed E-state index contributed by atoms with van der Waals surface area (Å²) in [5.74, 6) is 8.78. The van der Waals surface area contributed by atoms with Gasteiger partial charge < -0.3 is 92.4 Å². The highest BCUT2D eigenvalue weighted by Gasteiger charge is 2.14. The number of hydrogen-bond acceptors (Lipinski definition) is 31. The molecule has 39 heteroatoms. The van der Waals surface area contributed by atoms with Crippen LogP contribution in [0.5, 0.6) is 46.4 Å². The second-order valence-corrected chi connectivity index (χ2v) is 28.9. The Hall–Kier alpha value is -18.3. The van der Waals surface area contributed by atoms with Crippen molar-refractivity contribution in [2.45, 2.75) is 0 Å².